The van der Waals surface area contributed by atoms with Gasteiger partial charge in [-0.1, -0.05) is 6.07 Å². The molecule has 94 valence electrons. The topological polar surface area (TPSA) is 45.4 Å². The lowest BCUT2D eigenvalue weighted by Crippen LogP contribution is -2.44. The third-order valence-corrected chi connectivity index (χ3v) is 3.43. The van der Waals surface area contributed by atoms with Crippen LogP contribution in [-0.4, -0.2) is 43.1 Å². The van der Waals surface area contributed by atoms with Gasteiger partial charge in [0.25, 0.3) is 0 Å². The third-order valence-electron chi connectivity index (χ3n) is 3.43. The summed E-state index contributed by atoms with van der Waals surface area (Å²) >= 11 is 0. The summed E-state index contributed by atoms with van der Waals surface area (Å²) < 4.78 is 0. The fourth-order valence-electron chi connectivity index (χ4n) is 2.25. The monoisotopic (exact) mass is 234 g/mol. The number of hydrogen-bond acceptors (Lipinski definition) is 4. The van der Waals surface area contributed by atoms with Crippen LogP contribution in [0.5, 0.6) is 0 Å². The highest BCUT2D eigenvalue weighted by Crippen LogP contribution is 2.19. The van der Waals surface area contributed by atoms with Crippen LogP contribution in [0.2, 0.25) is 0 Å². The molecule has 0 bridgehead atoms. The Kier molecular flexibility index (Phi) is 3.64. The summed E-state index contributed by atoms with van der Waals surface area (Å²) in [6.45, 7) is 8.37. The van der Waals surface area contributed by atoms with Gasteiger partial charge >= 0.3 is 0 Å². The van der Waals surface area contributed by atoms with Crippen molar-refractivity contribution < 1.29 is 0 Å². The van der Waals surface area contributed by atoms with Crippen molar-refractivity contribution >= 4 is 5.82 Å². The molecule has 4 nitrogen and oxygen atoms in total. The van der Waals surface area contributed by atoms with Gasteiger partial charge in [-0.2, -0.15) is 0 Å². The quantitative estimate of drug-likeness (QED) is 0.834. The molecule has 17 heavy (non-hydrogen) atoms. The van der Waals surface area contributed by atoms with Crippen LogP contribution in [0.15, 0.2) is 12.1 Å². The van der Waals surface area contributed by atoms with Crippen LogP contribution in [0.4, 0.5) is 5.82 Å². The van der Waals surface area contributed by atoms with Crippen molar-refractivity contribution in [1.29, 1.82) is 0 Å². The van der Waals surface area contributed by atoms with Gasteiger partial charge in [-0.15, -0.1) is 0 Å². The molecule has 0 spiro atoms. The predicted octanol–water partition coefficient (Wildman–Crippen LogP) is 1.16. The second-order valence-corrected chi connectivity index (χ2v) is 4.92. The zero-order valence-electron chi connectivity index (χ0n) is 11.0. The molecule has 1 aliphatic rings. The highest BCUT2D eigenvalue weighted by molar-refractivity contribution is 5.42. The van der Waals surface area contributed by atoms with Crippen LogP contribution in [0.25, 0.3) is 0 Å². The van der Waals surface area contributed by atoms with E-state index < -0.39 is 0 Å². The van der Waals surface area contributed by atoms with E-state index in [1.807, 2.05) is 13.8 Å². The molecule has 1 saturated heterocycles. The van der Waals surface area contributed by atoms with Gasteiger partial charge in [-0.25, -0.2) is 4.98 Å². The Hall–Kier alpha value is -1.13. The molecule has 1 aromatic rings. The number of hydrogen-bond donors (Lipinski definition) is 1. The molecule has 1 aromatic heterocycles. The summed E-state index contributed by atoms with van der Waals surface area (Å²) in [6.07, 6.45) is 0. The van der Waals surface area contributed by atoms with Crippen LogP contribution >= 0.6 is 0 Å². The number of pyridine rings is 1. The Morgan fingerprint density at radius 2 is 1.88 bits per heavy atom. The molecule has 0 aromatic carbocycles. The van der Waals surface area contributed by atoms with Gasteiger partial charge in [0.05, 0.1) is 0 Å². The molecule has 1 aliphatic heterocycles. The zero-order valence-corrected chi connectivity index (χ0v) is 11.0. The molecule has 0 radical (unpaired) electrons. The van der Waals surface area contributed by atoms with E-state index in [9.17, 15) is 0 Å². The molecule has 2 rings (SSSR count). The number of piperazine rings is 1. The van der Waals surface area contributed by atoms with E-state index in [-0.39, 0.29) is 6.04 Å². The number of likely N-dealkylation sites (N-methyl/N-ethyl adjacent to an activating group) is 1. The van der Waals surface area contributed by atoms with Gasteiger partial charge in [0.1, 0.15) is 5.82 Å². The summed E-state index contributed by atoms with van der Waals surface area (Å²) in [7, 11) is 2.16. The lowest BCUT2D eigenvalue weighted by Gasteiger charge is -2.33. The molecule has 0 amide bonds. The summed E-state index contributed by atoms with van der Waals surface area (Å²) in [5.74, 6) is 1.08. The lowest BCUT2D eigenvalue weighted by molar-refractivity contribution is 0.312. The average molecular weight is 234 g/mol. The first kappa shape index (κ1) is 12.3. The number of aromatic nitrogens is 1. The zero-order chi connectivity index (χ0) is 12.4. The minimum absolute atomic E-state index is 0.0593. The van der Waals surface area contributed by atoms with E-state index in [0.717, 1.165) is 43.3 Å². The summed E-state index contributed by atoms with van der Waals surface area (Å²) in [4.78, 5) is 9.36. The number of nitrogens with zero attached hydrogens (tertiary/aromatic N) is 3. The fraction of sp³-hybridized carbons (Fsp3) is 0.615. The molecule has 0 saturated carbocycles. The standard InChI is InChI=1S/C13H22N4/c1-10(14)12-4-5-13(15-11(12)2)17-8-6-16(3)7-9-17/h4-5,10H,6-9,14H2,1-3H3. The molecular formula is C13H22N4. The maximum absolute atomic E-state index is 5.90. The van der Waals surface area contributed by atoms with Crippen molar-refractivity contribution in [1.82, 2.24) is 9.88 Å². The van der Waals surface area contributed by atoms with Crippen molar-refractivity contribution in [2.24, 2.45) is 5.73 Å². The average Bonchev–Trinajstić information content (AvgIpc) is 2.29. The number of rotatable bonds is 2. The number of aryl methyl sites for hydroxylation is 1. The van der Waals surface area contributed by atoms with Gasteiger partial charge in [-0.3, -0.25) is 0 Å². The molecular weight excluding hydrogens is 212 g/mol. The Bertz CT molecular complexity index is 381. The first-order valence-corrected chi connectivity index (χ1v) is 6.24. The van der Waals surface area contributed by atoms with Gasteiger partial charge in [0.2, 0.25) is 0 Å². The molecule has 4 heteroatoms. The van der Waals surface area contributed by atoms with E-state index in [4.69, 9.17) is 5.73 Å². The van der Waals surface area contributed by atoms with Gasteiger partial charge in [-0.05, 0) is 32.5 Å². The minimum Gasteiger partial charge on any atom is -0.354 e. The van der Waals surface area contributed by atoms with E-state index in [2.05, 4.69) is 34.0 Å². The van der Waals surface area contributed by atoms with E-state index in [0.29, 0.717) is 0 Å². The van der Waals surface area contributed by atoms with E-state index in [1.54, 1.807) is 0 Å². The largest absolute Gasteiger partial charge is 0.354 e. The van der Waals surface area contributed by atoms with E-state index >= 15 is 0 Å². The maximum Gasteiger partial charge on any atom is 0.128 e. The smallest absolute Gasteiger partial charge is 0.128 e. The molecule has 2 heterocycles. The van der Waals surface area contributed by atoms with Crippen LogP contribution in [0.3, 0.4) is 0 Å². The Labute approximate surface area is 103 Å². The van der Waals surface area contributed by atoms with Gasteiger partial charge < -0.3 is 15.5 Å². The van der Waals surface area contributed by atoms with Crippen molar-refractivity contribution in [3.63, 3.8) is 0 Å². The van der Waals surface area contributed by atoms with E-state index in [1.165, 1.54) is 0 Å². The molecule has 0 aliphatic carbocycles. The summed E-state index contributed by atoms with van der Waals surface area (Å²) in [6, 6.07) is 4.27. The second-order valence-electron chi connectivity index (χ2n) is 4.92. The van der Waals surface area contributed by atoms with Crippen LogP contribution in [0, 0.1) is 6.92 Å². The molecule has 1 unspecified atom stereocenters. The van der Waals surface area contributed by atoms with Gasteiger partial charge in [0, 0.05) is 37.9 Å². The van der Waals surface area contributed by atoms with Crippen LogP contribution in [0.1, 0.15) is 24.2 Å². The van der Waals surface area contributed by atoms with Crippen molar-refractivity contribution in [3.05, 3.63) is 23.4 Å². The van der Waals surface area contributed by atoms with Crippen molar-refractivity contribution in [3.8, 4) is 0 Å². The first-order chi connectivity index (χ1) is 8.08. The Balaban J connectivity index is 2.14. The van der Waals surface area contributed by atoms with Crippen molar-refractivity contribution in [2.45, 2.75) is 19.9 Å². The maximum atomic E-state index is 5.90. The Morgan fingerprint density at radius 1 is 1.24 bits per heavy atom. The molecule has 1 fully saturated rings. The van der Waals surface area contributed by atoms with Crippen molar-refractivity contribution in [2.75, 3.05) is 38.1 Å². The fourth-order valence-corrected chi connectivity index (χ4v) is 2.25. The molecule has 1 atom stereocenters. The summed E-state index contributed by atoms with van der Waals surface area (Å²) in [5.41, 5.74) is 8.09. The highest BCUT2D eigenvalue weighted by Gasteiger charge is 2.16. The first-order valence-electron chi connectivity index (χ1n) is 6.24. The number of anilines is 1. The van der Waals surface area contributed by atoms with Crippen LogP contribution < -0.4 is 10.6 Å². The van der Waals surface area contributed by atoms with Crippen LogP contribution in [-0.2, 0) is 0 Å². The second kappa shape index (κ2) is 5.02. The minimum atomic E-state index is 0.0593. The SMILES string of the molecule is Cc1nc(N2CCN(C)CC2)ccc1C(C)N. The number of nitrogens with two attached hydrogens (primary N) is 1. The Morgan fingerprint density at radius 3 is 2.41 bits per heavy atom. The predicted molar refractivity (Wildman–Crippen MR) is 71.3 cm³/mol. The summed E-state index contributed by atoms with van der Waals surface area (Å²) in [5, 5.41) is 0. The van der Waals surface area contributed by atoms with Gasteiger partial charge in [0.15, 0.2) is 0 Å². The third kappa shape index (κ3) is 2.76. The molecule has 2 N–H and O–H groups in total. The lowest BCUT2D eigenvalue weighted by atomic mass is 10.1. The highest BCUT2D eigenvalue weighted by atomic mass is 15.3. The normalized spacial score (nSPS) is 19.4.